The second-order valence-electron chi connectivity index (χ2n) is 5.29. The van der Waals surface area contributed by atoms with Crippen molar-refractivity contribution in [3.63, 3.8) is 0 Å². The lowest BCUT2D eigenvalue weighted by Gasteiger charge is -2.12. The van der Waals surface area contributed by atoms with E-state index >= 15 is 0 Å². The molecule has 2 amide bonds. The summed E-state index contributed by atoms with van der Waals surface area (Å²) >= 11 is 6.46. The largest absolute Gasteiger partial charge is 0.493 e. The third-order valence-electron chi connectivity index (χ3n) is 3.54. The highest BCUT2D eigenvalue weighted by Gasteiger charge is 2.18. The number of rotatable bonds is 6. The Balaban J connectivity index is 1.95. The number of benzene rings is 1. The average Bonchev–Trinajstić information content (AvgIpc) is 2.86. The molecule has 4 N–H and O–H groups in total. The minimum Gasteiger partial charge on any atom is -0.493 e. The lowest BCUT2D eigenvalue weighted by molar-refractivity contribution is -0.121. The molecule has 0 aliphatic carbocycles. The van der Waals surface area contributed by atoms with Crippen LogP contribution in [0.2, 0.25) is 0 Å². The molecule has 2 aromatic rings. The topological polar surface area (TPSA) is 103 Å². The molecule has 0 saturated carbocycles. The van der Waals surface area contributed by atoms with E-state index in [4.69, 9.17) is 27.4 Å². The Labute approximate surface area is 160 Å². The summed E-state index contributed by atoms with van der Waals surface area (Å²) in [6.07, 6.45) is 0. The Bertz CT molecular complexity index is 849. The van der Waals surface area contributed by atoms with Crippen molar-refractivity contribution in [3.05, 3.63) is 40.3 Å². The number of carbonyl (C=O) groups is 2. The predicted octanol–water partition coefficient (Wildman–Crippen LogP) is 2.36. The van der Waals surface area contributed by atoms with Gasteiger partial charge in [0.15, 0.2) is 23.2 Å². The Morgan fingerprint density at radius 2 is 1.88 bits per heavy atom. The molecule has 0 fully saturated rings. The summed E-state index contributed by atoms with van der Waals surface area (Å²) in [6.45, 7) is 3.44. The summed E-state index contributed by atoms with van der Waals surface area (Å²) in [5.41, 5.74) is 6.57. The highest BCUT2D eigenvalue weighted by atomic mass is 32.1. The van der Waals surface area contributed by atoms with Crippen LogP contribution in [0.3, 0.4) is 0 Å². The van der Waals surface area contributed by atoms with E-state index < -0.39 is 11.8 Å². The van der Waals surface area contributed by atoms with Crippen molar-refractivity contribution in [1.29, 1.82) is 0 Å². The van der Waals surface area contributed by atoms with Gasteiger partial charge in [-0.1, -0.05) is 12.1 Å². The quantitative estimate of drug-likeness (QED) is 0.651. The van der Waals surface area contributed by atoms with E-state index in [1.165, 1.54) is 18.4 Å². The maximum absolute atomic E-state index is 12.0. The van der Waals surface area contributed by atoms with Crippen LogP contribution in [-0.4, -0.2) is 30.6 Å². The molecule has 0 aliphatic heterocycles. The van der Waals surface area contributed by atoms with Gasteiger partial charge in [0.05, 0.1) is 12.7 Å². The SMILES string of the molecule is COc1ccccc1OCC(=O)NC(=S)Nc1sc(C)c(C)c1C(N)=O. The Morgan fingerprint density at radius 3 is 2.50 bits per heavy atom. The van der Waals surface area contributed by atoms with Crippen LogP contribution >= 0.6 is 23.6 Å². The fraction of sp³-hybridized carbons (Fsp3) is 0.235. The number of para-hydroxylation sites is 2. The van der Waals surface area contributed by atoms with Gasteiger partial charge in [-0.2, -0.15) is 0 Å². The number of thiocarbonyl (C=S) groups is 1. The first kappa shape index (κ1) is 19.7. The van der Waals surface area contributed by atoms with Gasteiger partial charge in [0.2, 0.25) is 0 Å². The lowest BCUT2D eigenvalue weighted by Crippen LogP contribution is -2.37. The number of hydrogen-bond acceptors (Lipinski definition) is 6. The van der Waals surface area contributed by atoms with E-state index in [9.17, 15) is 9.59 Å². The number of carbonyl (C=O) groups excluding carboxylic acids is 2. The molecular weight excluding hydrogens is 374 g/mol. The molecular formula is C17H19N3O4S2. The molecule has 0 radical (unpaired) electrons. The van der Waals surface area contributed by atoms with Crippen LogP contribution in [0.25, 0.3) is 0 Å². The Morgan fingerprint density at radius 1 is 1.23 bits per heavy atom. The fourth-order valence-corrected chi connectivity index (χ4v) is 3.54. The van der Waals surface area contributed by atoms with Gasteiger partial charge < -0.3 is 20.5 Å². The van der Waals surface area contributed by atoms with Gasteiger partial charge in [0.1, 0.15) is 5.00 Å². The third kappa shape index (κ3) is 4.70. The van der Waals surface area contributed by atoms with Crippen molar-refractivity contribution in [2.75, 3.05) is 19.0 Å². The number of nitrogens with one attached hydrogen (secondary N) is 2. The molecule has 0 unspecified atom stereocenters. The summed E-state index contributed by atoms with van der Waals surface area (Å²) in [7, 11) is 1.52. The van der Waals surface area contributed by atoms with E-state index in [0.717, 1.165) is 10.4 Å². The summed E-state index contributed by atoms with van der Waals surface area (Å²) in [5.74, 6) is -0.0248. The predicted molar refractivity (Wildman–Crippen MR) is 105 cm³/mol. The van der Waals surface area contributed by atoms with Gasteiger partial charge in [-0.05, 0) is 43.8 Å². The normalized spacial score (nSPS) is 10.1. The smallest absolute Gasteiger partial charge is 0.264 e. The van der Waals surface area contributed by atoms with Crippen LogP contribution in [0.5, 0.6) is 11.5 Å². The third-order valence-corrected chi connectivity index (χ3v) is 4.87. The average molecular weight is 393 g/mol. The van der Waals surface area contributed by atoms with Crippen molar-refractivity contribution >= 4 is 45.5 Å². The zero-order valence-corrected chi connectivity index (χ0v) is 16.2. The molecule has 0 bridgehead atoms. The fourth-order valence-electron chi connectivity index (χ4n) is 2.19. The highest BCUT2D eigenvalue weighted by Crippen LogP contribution is 2.32. The van der Waals surface area contributed by atoms with Crippen LogP contribution in [0.4, 0.5) is 5.00 Å². The first-order valence-corrected chi connectivity index (χ1v) is 8.82. The van der Waals surface area contributed by atoms with E-state index in [1.807, 2.05) is 6.92 Å². The molecule has 0 saturated heterocycles. The molecule has 0 spiro atoms. The Hall–Kier alpha value is -2.65. The summed E-state index contributed by atoms with van der Waals surface area (Å²) in [4.78, 5) is 24.6. The zero-order chi connectivity index (χ0) is 19.3. The first-order chi connectivity index (χ1) is 12.3. The number of hydrogen-bond donors (Lipinski definition) is 3. The summed E-state index contributed by atoms with van der Waals surface area (Å²) < 4.78 is 10.6. The minimum absolute atomic E-state index is 0.0578. The monoisotopic (exact) mass is 393 g/mol. The molecule has 138 valence electrons. The number of ether oxygens (including phenoxy) is 2. The molecule has 9 heteroatoms. The van der Waals surface area contributed by atoms with Crippen LogP contribution in [0.15, 0.2) is 24.3 Å². The highest BCUT2D eigenvalue weighted by molar-refractivity contribution is 7.80. The van der Waals surface area contributed by atoms with E-state index in [1.54, 1.807) is 31.2 Å². The number of aryl methyl sites for hydroxylation is 1. The zero-order valence-electron chi connectivity index (χ0n) is 14.5. The van der Waals surface area contributed by atoms with Crippen LogP contribution in [-0.2, 0) is 4.79 Å². The number of anilines is 1. The number of nitrogens with two attached hydrogens (primary N) is 1. The van der Waals surface area contributed by atoms with Crippen molar-refractivity contribution in [2.24, 2.45) is 5.73 Å². The van der Waals surface area contributed by atoms with Crippen molar-refractivity contribution in [2.45, 2.75) is 13.8 Å². The maximum atomic E-state index is 12.0. The minimum atomic E-state index is -0.553. The summed E-state index contributed by atoms with van der Waals surface area (Å²) in [5, 5.41) is 5.90. The van der Waals surface area contributed by atoms with Crippen LogP contribution in [0, 0.1) is 13.8 Å². The van der Waals surface area contributed by atoms with Crippen LogP contribution in [0.1, 0.15) is 20.8 Å². The van der Waals surface area contributed by atoms with E-state index in [0.29, 0.717) is 22.1 Å². The van der Waals surface area contributed by atoms with Gasteiger partial charge >= 0.3 is 0 Å². The second-order valence-corrected chi connectivity index (χ2v) is 6.93. The molecule has 1 aromatic carbocycles. The second kappa shape index (κ2) is 8.63. The molecule has 0 aliphatic rings. The lowest BCUT2D eigenvalue weighted by atomic mass is 10.1. The number of methoxy groups -OCH3 is 1. The molecule has 26 heavy (non-hydrogen) atoms. The van der Waals surface area contributed by atoms with Gasteiger partial charge in [-0.25, -0.2) is 0 Å². The molecule has 7 nitrogen and oxygen atoms in total. The molecule has 1 heterocycles. The van der Waals surface area contributed by atoms with Gasteiger partial charge in [0, 0.05) is 4.88 Å². The number of thiophene rings is 1. The van der Waals surface area contributed by atoms with E-state index in [2.05, 4.69) is 10.6 Å². The first-order valence-electron chi connectivity index (χ1n) is 7.60. The van der Waals surface area contributed by atoms with Crippen molar-refractivity contribution in [1.82, 2.24) is 5.32 Å². The number of primary amides is 1. The molecule has 0 atom stereocenters. The van der Waals surface area contributed by atoms with Crippen LogP contribution < -0.4 is 25.8 Å². The van der Waals surface area contributed by atoms with Crippen molar-refractivity contribution < 1.29 is 19.1 Å². The maximum Gasteiger partial charge on any atom is 0.264 e. The van der Waals surface area contributed by atoms with Gasteiger partial charge in [-0.15, -0.1) is 11.3 Å². The standard InChI is InChI=1S/C17H19N3O4S2/c1-9-10(2)26-16(14(9)15(18)22)20-17(25)19-13(21)8-24-12-7-5-4-6-11(12)23-3/h4-7H,8H2,1-3H3,(H2,18,22)(H2,19,20,21,25). The summed E-state index contributed by atoms with van der Waals surface area (Å²) in [6, 6.07) is 6.99. The number of amides is 2. The van der Waals surface area contributed by atoms with Gasteiger partial charge in [0.25, 0.3) is 11.8 Å². The molecule has 2 rings (SSSR count). The molecule has 1 aromatic heterocycles. The van der Waals surface area contributed by atoms with E-state index in [-0.39, 0.29) is 11.7 Å². The van der Waals surface area contributed by atoms with Gasteiger partial charge in [-0.3, -0.25) is 14.9 Å². The van der Waals surface area contributed by atoms with Crippen molar-refractivity contribution in [3.8, 4) is 11.5 Å². The Kier molecular flexibility index (Phi) is 6.53.